The molecule has 1 aromatic carbocycles. The van der Waals surface area contributed by atoms with Gasteiger partial charge in [0.2, 0.25) is 0 Å². The van der Waals surface area contributed by atoms with Crippen LogP contribution in [-0.4, -0.2) is 15.4 Å². The number of nitrogens with zero attached hydrogens (tertiary/aromatic N) is 1. The van der Waals surface area contributed by atoms with E-state index in [0.29, 0.717) is 0 Å². The van der Waals surface area contributed by atoms with Gasteiger partial charge < -0.3 is 0 Å². The molecule has 1 aromatic heterocycles. The summed E-state index contributed by atoms with van der Waals surface area (Å²) < 4.78 is 11.8. The summed E-state index contributed by atoms with van der Waals surface area (Å²) in [5, 5.41) is 3.17. The first kappa shape index (κ1) is 12.7. The molecule has 5 heteroatoms. The molecule has 0 fully saturated rings. The van der Waals surface area contributed by atoms with Gasteiger partial charge in [0.05, 0.1) is 10.7 Å². The van der Waals surface area contributed by atoms with Crippen LogP contribution in [0.1, 0.15) is 16.3 Å². The highest BCUT2D eigenvalue weighted by atomic mass is 32.5. The van der Waals surface area contributed by atoms with E-state index in [-0.39, 0.29) is 0 Å². The average Bonchev–Trinajstić information content (AvgIpc) is 2.63. The van der Waals surface area contributed by atoms with Crippen molar-refractivity contribution < 1.29 is 4.21 Å². The SMILES string of the molecule is Cc1nc(Cc2ccc(S(C)(=O)=P)cc2)cs1. The van der Waals surface area contributed by atoms with E-state index in [4.69, 9.17) is 0 Å². The minimum atomic E-state index is -2.05. The molecule has 0 saturated carbocycles. The van der Waals surface area contributed by atoms with Crippen molar-refractivity contribution in [2.45, 2.75) is 18.2 Å². The fourth-order valence-electron chi connectivity index (χ4n) is 1.57. The molecule has 0 bridgehead atoms. The van der Waals surface area contributed by atoms with Crippen LogP contribution in [0.3, 0.4) is 0 Å². The highest BCUT2D eigenvalue weighted by Gasteiger charge is 2.03. The largest absolute Gasteiger partial charge is 0.259 e. The zero-order valence-electron chi connectivity index (χ0n) is 9.77. The van der Waals surface area contributed by atoms with Crippen LogP contribution in [0.4, 0.5) is 0 Å². The number of hydrogen-bond donors (Lipinski definition) is 0. The molecule has 1 unspecified atom stereocenters. The molecule has 1 atom stereocenters. The third-order valence-corrected chi connectivity index (χ3v) is 5.13. The normalized spacial score (nSPS) is 14.5. The first-order valence-electron chi connectivity index (χ1n) is 5.19. The Kier molecular flexibility index (Phi) is 3.67. The first-order valence-corrected chi connectivity index (χ1v) is 9.26. The lowest BCUT2D eigenvalue weighted by Crippen LogP contribution is -1.94. The fraction of sp³-hybridized carbons (Fsp3) is 0.250. The van der Waals surface area contributed by atoms with Gasteiger partial charge >= 0.3 is 0 Å². The van der Waals surface area contributed by atoms with Crippen molar-refractivity contribution in [3.63, 3.8) is 0 Å². The quantitative estimate of drug-likeness (QED) is 0.808. The summed E-state index contributed by atoms with van der Waals surface area (Å²) in [5.74, 6) is 0. The van der Waals surface area contributed by atoms with Crippen LogP contribution < -0.4 is 0 Å². The Labute approximate surface area is 108 Å². The Balaban J connectivity index is 2.19. The molecule has 0 radical (unpaired) electrons. The molecule has 0 aliphatic carbocycles. The minimum Gasteiger partial charge on any atom is -0.259 e. The van der Waals surface area contributed by atoms with Crippen LogP contribution in [0, 0.1) is 6.92 Å². The molecule has 2 aromatic rings. The van der Waals surface area contributed by atoms with Crippen LogP contribution in [0.15, 0.2) is 34.5 Å². The highest BCUT2D eigenvalue weighted by Crippen LogP contribution is 2.17. The Morgan fingerprint density at radius 1 is 1.35 bits per heavy atom. The van der Waals surface area contributed by atoms with E-state index in [0.717, 1.165) is 22.0 Å². The van der Waals surface area contributed by atoms with Gasteiger partial charge in [-0.3, -0.25) is 4.21 Å². The molecule has 0 spiro atoms. The maximum absolute atomic E-state index is 11.8. The zero-order valence-corrected chi connectivity index (χ0v) is 12.4. The van der Waals surface area contributed by atoms with Crippen molar-refractivity contribution in [2.24, 2.45) is 0 Å². The van der Waals surface area contributed by atoms with Crippen molar-refractivity contribution in [1.29, 1.82) is 0 Å². The second kappa shape index (κ2) is 4.89. The van der Waals surface area contributed by atoms with Crippen molar-refractivity contribution >= 4 is 28.5 Å². The predicted octanol–water partition coefficient (Wildman–Crippen LogP) is 3.37. The Bertz CT molecular complexity index is 614. The molecule has 2 nitrogen and oxygen atoms in total. The van der Waals surface area contributed by atoms with Gasteiger partial charge in [-0.25, -0.2) is 4.98 Å². The maximum Gasteiger partial charge on any atom is 0.0897 e. The van der Waals surface area contributed by atoms with E-state index in [9.17, 15) is 4.21 Å². The van der Waals surface area contributed by atoms with E-state index in [1.807, 2.05) is 31.2 Å². The topological polar surface area (TPSA) is 30.0 Å². The first-order chi connectivity index (χ1) is 7.95. The lowest BCUT2D eigenvalue weighted by Gasteiger charge is -2.03. The average molecular weight is 283 g/mol. The Morgan fingerprint density at radius 2 is 2.00 bits per heavy atom. The molecule has 2 rings (SSSR count). The molecule has 0 saturated heterocycles. The molecule has 1 heterocycles. The molecular weight excluding hydrogens is 269 g/mol. The molecule has 0 aliphatic rings. The number of thiazole rings is 1. The van der Waals surface area contributed by atoms with Gasteiger partial charge in [-0.1, -0.05) is 20.1 Å². The summed E-state index contributed by atoms with van der Waals surface area (Å²) in [6.45, 7) is 2.01. The maximum atomic E-state index is 11.8. The number of aryl methyl sites for hydroxylation is 1. The molecule has 0 aliphatic heterocycles. The number of aromatic nitrogens is 1. The number of hydrogen-bond acceptors (Lipinski definition) is 3. The predicted molar refractivity (Wildman–Crippen MR) is 76.7 cm³/mol. The van der Waals surface area contributed by atoms with Crippen molar-refractivity contribution in [1.82, 2.24) is 4.98 Å². The molecular formula is C12H14NOPS2. The highest BCUT2D eigenvalue weighted by molar-refractivity contribution is 8.20. The molecule has 90 valence electrons. The lowest BCUT2D eigenvalue weighted by molar-refractivity contribution is 0.685. The van der Waals surface area contributed by atoms with Crippen molar-refractivity contribution in [2.75, 3.05) is 6.26 Å². The van der Waals surface area contributed by atoms with Gasteiger partial charge in [-0.15, -0.1) is 11.3 Å². The molecule has 0 amide bonds. The van der Waals surface area contributed by atoms with Gasteiger partial charge in [0.15, 0.2) is 0 Å². The summed E-state index contributed by atoms with van der Waals surface area (Å²) in [4.78, 5) is 5.26. The second-order valence-corrected chi connectivity index (χ2v) is 9.58. The van der Waals surface area contributed by atoms with Gasteiger partial charge in [0.1, 0.15) is 0 Å². The lowest BCUT2D eigenvalue weighted by atomic mass is 10.1. The summed E-state index contributed by atoms with van der Waals surface area (Å²) >= 11 is 1.67. The summed E-state index contributed by atoms with van der Waals surface area (Å²) in [5.41, 5.74) is 2.28. The number of benzene rings is 1. The summed E-state index contributed by atoms with van der Waals surface area (Å²) in [7, 11) is 1.21. The van der Waals surface area contributed by atoms with Crippen molar-refractivity contribution in [3.8, 4) is 0 Å². The van der Waals surface area contributed by atoms with E-state index >= 15 is 0 Å². The monoisotopic (exact) mass is 283 g/mol. The van der Waals surface area contributed by atoms with Crippen LogP contribution in [0.2, 0.25) is 0 Å². The zero-order chi connectivity index (χ0) is 12.5. The Hall–Kier alpha value is -0.700. The minimum absolute atomic E-state index is 0.826. The van der Waals surface area contributed by atoms with Gasteiger partial charge in [0.25, 0.3) is 0 Å². The fourth-order valence-corrected chi connectivity index (χ4v) is 3.24. The summed E-state index contributed by atoms with van der Waals surface area (Å²) in [6.07, 6.45) is 2.51. The van der Waals surface area contributed by atoms with E-state index < -0.39 is 9.11 Å². The van der Waals surface area contributed by atoms with Crippen molar-refractivity contribution in [3.05, 3.63) is 45.9 Å². The van der Waals surface area contributed by atoms with Crippen LogP contribution in [-0.2, 0) is 15.5 Å². The smallest absolute Gasteiger partial charge is 0.0897 e. The van der Waals surface area contributed by atoms with Gasteiger partial charge in [0, 0.05) is 32.1 Å². The molecule has 0 N–H and O–H groups in total. The molecule has 17 heavy (non-hydrogen) atoms. The van der Waals surface area contributed by atoms with Crippen LogP contribution >= 0.6 is 19.4 Å². The second-order valence-electron chi connectivity index (χ2n) is 4.02. The Morgan fingerprint density at radius 3 is 2.47 bits per heavy atom. The van der Waals surface area contributed by atoms with Gasteiger partial charge in [-0.2, -0.15) is 0 Å². The van der Waals surface area contributed by atoms with Gasteiger partial charge in [-0.05, 0) is 24.6 Å². The third-order valence-electron chi connectivity index (χ3n) is 2.42. The standard InChI is InChI=1S/C12H14NOPS2/c1-9-13-11(8-16-9)7-10-3-5-12(6-4-10)17(2,14)15/h3-6,8,15H,7H2,1-2H3. The van der Waals surface area contributed by atoms with E-state index in [1.165, 1.54) is 5.56 Å². The third kappa shape index (κ3) is 3.38. The van der Waals surface area contributed by atoms with Crippen LogP contribution in [0.25, 0.3) is 0 Å². The number of rotatable bonds is 3. The van der Waals surface area contributed by atoms with E-state index in [1.54, 1.807) is 17.6 Å². The van der Waals surface area contributed by atoms with Crippen LogP contribution in [0.5, 0.6) is 0 Å². The summed E-state index contributed by atoms with van der Waals surface area (Å²) in [6, 6.07) is 7.83. The van der Waals surface area contributed by atoms with E-state index in [2.05, 4.69) is 18.4 Å².